The van der Waals surface area contributed by atoms with Gasteiger partial charge in [-0.2, -0.15) is 13.2 Å². The third kappa shape index (κ3) is 2.14. The van der Waals surface area contributed by atoms with Crippen molar-refractivity contribution in [2.24, 2.45) is 5.73 Å². The number of halogens is 3. The van der Waals surface area contributed by atoms with Crippen molar-refractivity contribution in [3.8, 4) is 5.88 Å². The lowest BCUT2D eigenvalue weighted by Gasteiger charge is -2.11. The summed E-state index contributed by atoms with van der Waals surface area (Å²) in [6.07, 6.45) is -4.45. The van der Waals surface area contributed by atoms with E-state index in [9.17, 15) is 13.2 Å². The van der Waals surface area contributed by atoms with Crippen LogP contribution in [0, 0.1) is 0 Å². The SMILES string of the molecule is COc1nc(CN)ccc1C(F)(F)F. The lowest BCUT2D eigenvalue weighted by molar-refractivity contribution is -0.139. The third-order valence-electron chi connectivity index (χ3n) is 1.63. The van der Waals surface area contributed by atoms with Gasteiger partial charge in [-0.05, 0) is 12.1 Å². The molecule has 0 aliphatic heterocycles. The summed E-state index contributed by atoms with van der Waals surface area (Å²) in [5.41, 5.74) is 4.70. The van der Waals surface area contributed by atoms with E-state index >= 15 is 0 Å². The predicted octanol–water partition coefficient (Wildman–Crippen LogP) is 1.57. The first-order valence-electron chi connectivity index (χ1n) is 3.80. The maximum absolute atomic E-state index is 12.3. The molecule has 1 aromatic heterocycles. The van der Waals surface area contributed by atoms with Gasteiger partial charge in [0.1, 0.15) is 5.56 Å². The summed E-state index contributed by atoms with van der Waals surface area (Å²) in [7, 11) is 1.14. The summed E-state index contributed by atoms with van der Waals surface area (Å²) in [6.45, 7) is 0.0779. The molecule has 1 rings (SSSR count). The van der Waals surface area contributed by atoms with E-state index in [1.54, 1.807) is 0 Å². The number of hydrogen-bond donors (Lipinski definition) is 1. The molecule has 0 aliphatic carbocycles. The zero-order valence-electron chi connectivity index (χ0n) is 7.43. The van der Waals surface area contributed by atoms with E-state index in [0.717, 1.165) is 13.2 Å². The van der Waals surface area contributed by atoms with Gasteiger partial charge in [-0.15, -0.1) is 0 Å². The molecule has 6 heteroatoms. The molecule has 0 bridgehead atoms. The molecule has 0 saturated heterocycles. The molecule has 78 valence electrons. The highest BCUT2D eigenvalue weighted by molar-refractivity contribution is 5.30. The van der Waals surface area contributed by atoms with Gasteiger partial charge in [-0.25, -0.2) is 4.98 Å². The molecule has 0 fully saturated rings. The standard InChI is InChI=1S/C8H9F3N2O/c1-14-7-6(8(9,10)11)3-2-5(4-12)13-7/h2-3H,4,12H2,1H3. The summed E-state index contributed by atoms with van der Waals surface area (Å²) in [4.78, 5) is 3.61. The lowest BCUT2D eigenvalue weighted by Crippen LogP contribution is -2.10. The fourth-order valence-corrected chi connectivity index (χ4v) is 0.964. The average Bonchev–Trinajstić information content (AvgIpc) is 2.15. The van der Waals surface area contributed by atoms with E-state index in [2.05, 4.69) is 9.72 Å². The van der Waals surface area contributed by atoms with Crippen LogP contribution in [0.25, 0.3) is 0 Å². The van der Waals surface area contributed by atoms with Crippen molar-refractivity contribution < 1.29 is 17.9 Å². The molecule has 0 unspecified atom stereocenters. The number of ether oxygens (including phenoxy) is 1. The molecule has 0 amide bonds. The predicted molar refractivity (Wildman–Crippen MR) is 43.7 cm³/mol. The molecule has 3 nitrogen and oxygen atoms in total. The van der Waals surface area contributed by atoms with Crippen LogP contribution >= 0.6 is 0 Å². The topological polar surface area (TPSA) is 48.1 Å². The summed E-state index contributed by atoms with van der Waals surface area (Å²) in [5.74, 6) is -0.444. The highest BCUT2D eigenvalue weighted by Crippen LogP contribution is 2.34. The number of nitrogens with two attached hydrogens (primary N) is 1. The fourth-order valence-electron chi connectivity index (χ4n) is 0.964. The second-order valence-electron chi connectivity index (χ2n) is 2.56. The van der Waals surface area contributed by atoms with Gasteiger partial charge in [-0.1, -0.05) is 0 Å². The van der Waals surface area contributed by atoms with Crippen LogP contribution in [0.4, 0.5) is 13.2 Å². The molecular formula is C8H9F3N2O. The van der Waals surface area contributed by atoms with Crippen molar-refractivity contribution in [2.75, 3.05) is 7.11 Å². The Labute approximate surface area is 78.7 Å². The van der Waals surface area contributed by atoms with E-state index in [0.29, 0.717) is 5.69 Å². The lowest BCUT2D eigenvalue weighted by atomic mass is 10.2. The Morgan fingerprint density at radius 3 is 2.50 bits per heavy atom. The minimum absolute atomic E-state index is 0.0779. The van der Waals surface area contributed by atoms with E-state index in [1.807, 2.05) is 0 Å². The third-order valence-corrected chi connectivity index (χ3v) is 1.63. The van der Waals surface area contributed by atoms with Crippen LogP contribution in [-0.4, -0.2) is 12.1 Å². The second kappa shape index (κ2) is 3.83. The number of methoxy groups -OCH3 is 1. The minimum atomic E-state index is -4.45. The van der Waals surface area contributed by atoms with E-state index in [4.69, 9.17) is 5.73 Å². The van der Waals surface area contributed by atoms with E-state index in [-0.39, 0.29) is 6.54 Å². The Morgan fingerprint density at radius 2 is 2.07 bits per heavy atom. The van der Waals surface area contributed by atoms with Crippen LogP contribution in [-0.2, 0) is 12.7 Å². The zero-order valence-corrected chi connectivity index (χ0v) is 7.43. The number of rotatable bonds is 2. The van der Waals surface area contributed by atoms with Crippen LogP contribution in [0.5, 0.6) is 5.88 Å². The first kappa shape index (κ1) is 10.8. The number of nitrogens with zero attached hydrogens (tertiary/aromatic N) is 1. The second-order valence-corrected chi connectivity index (χ2v) is 2.56. The van der Waals surface area contributed by atoms with Crippen LogP contribution in [0.1, 0.15) is 11.3 Å². The van der Waals surface area contributed by atoms with Crippen molar-refractivity contribution in [3.05, 3.63) is 23.4 Å². The van der Waals surface area contributed by atoms with Crippen LogP contribution < -0.4 is 10.5 Å². The summed E-state index contributed by atoms with van der Waals surface area (Å²) in [6, 6.07) is 2.14. The van der Waals surface area contributed by atoms with Gasteiger partial charge >= 0.3 is 6.18 Å². The Balaban J connectivity index is 3.18. The molecule has 0 radical (unpaired) electrons. The molecule has 14 heavy (non-hydrogen) atoms. The maximum atomic E-state index is 12.3. The van der Waals surface area contributed by atoms with Crippen molar-refractivity contribution >= 4 is 0 Å². The van der Waals surface area contributed by atoms with Gasteiger partial charge in [-0.3, -0.25) is 0 Å². The van der Waals surface area contributed by atoms with Crippen LogP contribution in [0.15, 0.2) is 12.1 Å². The first-order chi connectivity index (χ1) is 6.49. The normalized spacial score (nSPS) is 11.5. The first-order valence-corrected chi connectivity index (χ1v) is 3.80. The Kier molecular flexibility index (Phi) is 2.95. The molecule has 0 aromatic carbocycles. The van der Waals surface area contributed by atoms with Crippen molar-refractivity contribution in [3.63, 3.8) is 0 Å². The van der Waals surface area contributed by atoms with Crippen molar-refractivity contribution in [1.82, 2.24) is 4.98 Å². The van der Waals surface area contributed by atoms with Crippen LogP contribution in [0.3, 0.4) is 0 Å². The molecule has 0 spiro atoms. The number of alkyl halides is 3. The fraction of sp³-hybridized carbons (Fsp3) is 0.375. The van der Waals surface area contributed by atoms with E-state index < -0.39 is 17.6 Å². The van der Waals surface area contributed by atoms with Gasteiger partial charge in [0, 0.05) is 6.54 Å². The molecule has 0 atom stereocenters. The van der Waals surface area contributed by atoms with Gasteiger partial charge in [0.25, 0.3) is 0 Å². The largest absolute Gasteiger partial charge is 0.481 e. The summed E-state index contributed by atoms with van der Waals surface area (Å²) in [5, 5.41) is 0. The Morgan fingerprint density at radius 1 is 1.43 bits per heavy atom. The highest BCUT2D eigenvalue weighted by atomic mass is 19.4. The van der Waals surface area contributed by atoms with Gasteiger partial charge in [0.05, 0.1) is 12.8 Å². The average molecular weight is 206 g/mol. The number of pyridine rings is 1. The minimum Gasteiger partial charge on any atom is -0.481 e. The Bertz CT molecular complexity index is 325. The molecule has 1 aromatic rings. The Hall–Kier alpha value is -1.30. The number of hydrogen-bond acceptors (Lipinski definition) is 3. The number of aromatic nitrogens is 1. The molecule has 1 heterocycles. The maximum Gasteiger partial charge on any atom is 0.421 e. The van der Waals surface area contributed by atoms with Gasteiger partial charge < -0.3 is 10.5 Å². The van der Waals surface area contributed by atoms with Crippen molar-refractivity contribution in [1.29, 1.82) is 0 Å². The molecule has 0 aliphatic rings. The molecule has 0 saturated carbocycles. The summed E-state index contributed by atoms with van der Waals surface area (Å²) < 4.78 is 41.5. The smallest absolute Gasteiger partial charge is 0.421 e. The molecule has 2 N–H and O–H groups in total. The highest BCUT2D eigenvalue weighted by Gasteiger charge is 2.35. The van der Waals surface area contributed by atoms with Crippen LogP contribution in [0.2, 0.25) is 0 Å². The zero-order chi connectivity index (χ0) is 10.8. The monoisotopic (exact) mass is 206 g/mol. The summed E-state index contributed by atoms with van der Waals surface area (Å²) >= 11 is 0. The van der Waals surface area contributed by atoms with Gasteiger partial charge in [0.2, 0.25) is 5.88 Å². The van der Waals surface area contributed by atoms with Crippen molar-refractivity contribution in [2.45, 2.75) is 12.7 Å². The molecular weight excluding hydrogens is 197 g/mol. The van der Waals surface area contributed by atoms with Gasteiger partial charge in [0.15, 0.2) is 0 Å². The quantitative estimate of drug-likeness (QED) is 0.798. The van der Waals surface area contributed by atoms with E-state index in [1.165, 1.54) is 6.07 Å².